The van der Waals surface area contributed by atoms with Crippen molar-refractivity contribution < 1.29 is 9.59 Å². The normalized spacial score (nSPS) is 10.5. The van der Waals surface area contributed by atoms with Crippen LogP contribution < -0.4 is 5.32 Å². The zero-order valence-corrected chi connectivity index (χ0v) is 11.5. The Morgan fingerprint density at radius 2 is 1.76 bits per heavy atom. The molecule has 0 saturated carbocycles. The average Bonchev–Trinajstić information content (AvgIpc) is 2.90. The minimum absolute atomic E-state index is 0.0714. The summed E-state index contributed by atoms with van der Waals surface area (Å²) in [5.74, 6) is -0.188. The molecule has 0 spiro atoms. The molecule has 3 rings (SSSR count). The van der Waals surface area contributed by atoms with Gasteiger partial charge in [-0.05, 0) is 36.4 Å². The molecule has 0 aliphatic rings. The molecule has 0 aliphatic heterocycles. The van der Waals surface area contributed by atoms with Crippen LogP contribution in [0.5, 0.6) is 0 Å². The second-order valence-electron chi connectivity index (χ2n) is 4.81. The summed E-state index contributed by atoms with van der Waals surface area (Å²) in [6.45, 7) is 1.47. The molecule has 1 N–H and O–H groups in total. The fourth-order valence-electron chi connectivity index (χ4n) is 2.32. The van der Waals surface area contributed by atoms with Crippen LogP contribution in [0.4, 0.5) is 5.69 Å². The third-order valence-electron chi connectivity index (χ3n) is 3.25. The summed E-state index contributed by atoms with van der Waals surface area (Å²) in [6, 6.07) is 16.5. The van der Waals surface area contributed by atoms with Crippen molar-refractivity contribution in [3.63, 3.8) is 0 Å². The van der Waals surface area contributed by atoms with Gasteiger partial charge in [-0.2, -0.15) is 0 Å². The number of rotatable bonds is 2. The number of amides is 1. The van der Waals surface area contributed by atoms with Crippen molar-refractivity contribution in [1.82, 2.24) is 4.57 Å². The van der Waals surface area contributed by atoms with Gasteiger partial charge in [0, 0.05) is 29.8 Å². The number of nitrogens with one attached hydrogen (secondary N) is 1. The zero-order chi connectivity index (χ0) is 14.8. The number of hydrogen-bond acceptors (Lipinski definition) is 2. The molecule has 0 saturated heterocycles. The van der Waals surface area contributed by atoms with Crippen molar-refractivity contribution in [3.05, 3.63) is 66.4 Å². The van der Waals surface area contributed by atoms with Crippen molar-refractivity contribution in [1.29, 1.82) is 0 Å². The highest BCUT2D eigenvalue weighted by atomic mass is 16.2. The Hall–Kier alpha value is -2.88. The molecule has 1 amide bonds. The van der Waals surface area contributed by atoms with Gasteiger partial charge in [-0.25, -0.2) is 0 Å². The third-order valence-corrected chi connectivity index (χ3v) is 3.25. The van der Waals surface area contributed by atoms with E-state index in [1.165, 1.54) is 6.92 Å². The van der Waals surface area contributed by atoms with Crippen LogP contribution in [0.2, 0.25) is 0 Å². The van der Waals surface area contributed by atoms with E-state index in [4.69, 9.17) is 0 Å². The molecule has 3 aromatic rings. The Kier molecular flexibility index (Phi) is 3.28. The molecule has 0 aliphatic carbocycles. The maximum Gasteiger partial charge on any atom is 0.262 e. The van der Waals surface area contributed by atoms with E-state index >= 15 is 0 Å². The van der Waals surface area contributed by atoms with E-state index in [1.807, 2.05) is 36.4 Å². The second-order valence-corrected chi connectivity index (χ2v) is 4.81. The first-order valence-corrected chi connectivity index (χ1v) is 6.63. The van der Waals surface area contributed by atoms with Gasteiger partial charge in [0.05, 0.1) is 5.52 Å². The molecule has 0 atom stereocenters. The standard InChI is InChI=1S/C17H14N2O2/c1-12(20)18-15-7-8-16-14(11-15)9-10-19(16)17(21)13-5-3-2-4-6-13/h2-11H,1H3,(H,18,20). The lowest BCUT2D eigenvalue weighted by molar-refractivity contribution is -0.114. The summed E-state index contributed by atoms with van der Waals surface area (Å²) in [7, 11) is 0. The fraction of sp³-hybridized carbons (Fsp3) is 0.0588. The number of carbonyl (C=O) groups is 2. The Labute approximate surface area is 122 Å². The van der Waals surface area contributed by atoms with Crippen molar-refractivity contribution in [2.24, 2.45) is 0 Å². The molecule has 21 heavy (non-hydrogen) atoms. The van der Waals surface area contributed by atoms with Gasteiger partial charge in [-0.3, -0.25) is 14.2 Å². The second kappa shape index (κ2) is 5.25. The molecule has 4 heteroatoms. The molecule has 1 aromatic heterocycles. The summed E-state index contributed by atoms with van der Waals surface area (Å²) >= 11 is 0. The van der Waals surface area contributed by atoms with Gasteiger partial charge in [0.25, 0.3) is 5.91 Å². The minimum atomic E-state index is -0.117. The lowest BCUT2D eigenvalue weighted by Gasteiger charge is -2.06. The topological polar surface area (TPSA) is 51.1 Å². The average molecular weight is 278 g/mol. The smallest absolute Gasteiger partial charge is 0.262 e. The van der Waals surface area contributed by atoms with Crippen LogP contribution in [-0.2, 0) is 4.79 Å². The van der Waals surface area contributed by atoms with Crippen molar-refractivity contribution in [3.8, 4) is 0 Å². The quantitative estimate of drug-likeness (QED) is 0.782. The van der Waals surface area contributed by atoms with E-state index < -0.39 is 0 Å². The lowest BCUT2D eigenvalue weighted by atomic mass is 10.2. The molecule has 0 fully saturated rings. The molecule has 104 valence electrons. The fourth-order valence-corrected chi connectivity index (χ4v) is 2.32. The van der Waals surface area contributed by atoms with Crippen LogP contribution in [0.15, 0.2) is 60.8 Å². The highest BCUT2D eigenvalue weighted by molar-refractivity contribution is 6.03. The van der Waals surface area contributed by atoms with Gasteiger partial charge in [0.1, 0.15) is 0 Å². The number of nitrogens with zero attached hydrogens (tertiary/aromatic N) is 1. The Bertz CT molecular complexity index is 819. The number of carbonyl (C=O) groups excluding carboxylic acids is 2. The largest absolute Gasteiger partial charge is 0.326 e. The summed E-state index contributed by atoms with van der Waals surface area (Å²) < 4.78 is 1.61. The van der Waals surface area contributed by atoms with Crippen LogP contribution in [0.25, 0.3) is 10.9 Å². The highest BCUT2D eigenvalue weighted by Gasteiger charge is 2.11. The first-order valence-electron chi connectivity index (χ1n) is 6.63. The number of aromatic nitrogens is 1. The molecule has 4 nitrogen and oxygen atoms in total. The summed E-state index contributed by atoms with van der Waals surface area (Å²) in [5.41, 5.74) is 2.18. The van der Waals surface area contributed by atoms with Gasteiger partial charge in [0.15, 0.2) is 0 Å². The molecular weight excluding hydrogens is 264 g/mol. The molecule has 0 unspecified atom stereocenters. The molecule has 0 bridgehead atoms. The SMILES string of the molecule is CC(=O)Nc1ccc2c(ccn2C(=O)c2ccccc2)c1. The summed E-state index contributed by atoms with van der Waals surface area (Å²) in [4.78, 5) is 23.6. The van der Waals surface area contributed by atoms with Crippen LogP contribution >= 0.6 is 0 Å². The predicted octanol–water partition coefficient (Wildman–Crippen LogP) is 3.29. The van der Waals surface area contributed by atoms with Crippen LogP contribution in [0.3, 0.4) is 0 Å². The number of fused-ring (bicyclic) bond motifs is 1. The summed E-state index contributed by atoms with van der Waals surface area (Å²) in [5, 5.41) is 3.64. The third kappa shape index (κ3) is 2.56. The molecule has 2 aromatic carbocycles. The number of hydrogen-bond donors (Lipinski definition) is 1. The van der Waals surface area contributed by atoms with Crippen LogP contribution in [-0.4, -0.2) is 16.4 Å². The van der Waals surface area contributed by atoms with Gasteiger partial charge in [-0.1, -0.05) is 18.2 Å². The minimum Gasteiger partial charge on any atom is -0.326 e. The van der Waals surface area contributed by atoms with E-state index in [0.717, 1.165) is 16.6 Å². The van der Waals surface area contributed by atoms with E-state index in [9.17, 15) is 9.59 Å². The molecule has 0 radical (unpaired) electrons. The van der Waals surface area contributed by atoms with E-state index in [1.54, 1.807) is 29.0 Å². The van der Waals surface area contributed by atoms with E-state index in [2.05, 4.69) is 5.32 Å². The van der Waals surface area contributed by atoms with Crippen molar-refractivity contribution in [2.75, 3.05) is 5.32 Å². The first kappa shape index (κ1) is 13.1. The van der Waals surface area contributed by atoms with Crippen LogP contribution in [0.1, 0.15) is 17.3 Å². The Morgan fingerprint density at radius 3 is 2.48 bits per heavy atom. The lowest BCUT2D eigenvalue weighted by Crippen LogP contribution is -2.10. The van der Waals surface area contributed by atoms with Gasteiger partial charge in [-0.15, -0.1) is 0 Å². The summed E-state index contributed by atoms with van der Waals surface area (Å²) in [6.07, 6.45) is 1.75. The number of benzene rings is 2. The monoisotopic (exact) mass is 278 g/mol. The Morgan fingerprint density at radius 1 is 1.00 bits per heavy atom. The predicted molar refractivity (Wildman–Crippen MR) is 82.4 cm³/mol. The van der Waals surface area contributed by atoms with Crippen LogP contribution in [0, 0.1) is 0 Å². The Balaban J connectivity index is 2.01. The maximum absolute atomic E-state index is 12.5. The van der Waals surface area contributed by atoms with E-state index in [-0.39, 0.29) is 11.8 Å². The van der Waals surface area contributed by atoms with Crippen molar-refractivity contribution in [2.45, 2.75) is 6.92 Å². The first-order chi connectivity index (χ1) is 10.1. The number of anilines is 1. The van der Waals surface area contributed by atoms with Gasteiger partial charge in [0.2, 0.25) is 5.91 Å². The zero-order valence-electron chi connectivity index (χ0n) is 11.5. The highest BCUT2D eigenvalue weighted by Crippen LogP contribution is 2.21. The van der Waals surface area contributed by atoms with Crippen molar-refractivity contribution >= 4 is 28.4 Å². The molecular formula is C17H14N2O2. The maximum atomic E-state index is 12.5. The molecule has 1 heterocycles. The van der Waals surface area contributed by atoms with Gasteiger partial charge < -0.3 is 5.32 Å². The van der Waals surface area contributed by atoms with E-state index in [0.29, 0.717) is 5.56 Å². The van der Waals surface area contributed by atoms with Gasteiger partial charge >= 0.3 is 0 Å².